The molecule has 1 unspecified atom stereocenters. The Bertz CT molecular complexity index is 409. The van der Waals surface area contributed by atoms with Crippen LogP contribution in [0.15, 0.2) is 5.16 Å². The van der Waals surface area contributed by atoms with Crippen molar-refractivity contribution in [3.63, 3.8) is 0 Å². The van der Waals surface area contributed by atoms with Crippen molar-refractivity contribution in [2.24, 2.45) is 5.92 Å². The zero-order chi connectivity index (χ0) is 13.8. The fourth-order valence-electron chi connectivity index (χ4n) is 3.64. The largest absolute Gasteiger partial charge is 0.316 e. The molecule has 0 spiro atoms. The second kappa shape index (κ2) is 6.89. The lowest BCUT2D eigenvalue weighted by Crippen LogP contribution is -2.34. The van der Waals surface area contributed by atoms with Gasteiger partial charge in [0.2, 0.25) is 5.16 Å². The van der Waals surface area contributed by atoms with Crippen LogP contribution >= 0.6 is 11.8 Å². The maximum absolute atomic E-state index is 4.23. The number of rotatable bonds is 6. The fraction of sp³-hybridized carbons (Fsp3) is 0.929. The SMILES string of the molecule is CNC(CSc1nnnn1C1CCCC1)C1CCCC1. The summed E-state index contributed by atoms with van der Waals surface area (Å²) >= 11 is 1.82. The second-order valence-corrected chi connectivity index (χ2v) is 7.08. The third-order valence-corrected chi connectivity index (χ3v) is 5.92. The highest BCUT2D eigenvalue weighted by atomic mass is 32.2. The van der Waals surface area contributed by atoms with Crippen LogP contribution in [0.4, 0.5) is 0 Å². The monoisotopic (exact) mass is 295 g/mol. The summed E-state index contributed by atoms with van der Waals surface area (Å²) in [6, 6.07) is 1.13. The second-order valence-electron chi connectivity index (χ2n) is 6.10. The van der Waals surface area contributed by atoms with Crippen LogP contribution in [-0.2, 0) is 0 Å². The van der Waals surface area contributed by atoms with Gasteiger partial charge in [0.15, 0.2) is 0 Å². The lowest BCUT2D eigenvalue weighted by atomic mass is 10.0. The van der Waals surface area contributed by atoms with Crippen LogP contribution < -0.4 is 5.32 Å². The number of thioether (sulfide) groups is 1. The summed E-state index contributed by atoms with van der Waals surface area (Å²) in [7, 11) is 2.09. The molecule has 2 fully saturated rings. The minimum atomic E-state index is 0.534. The number of nitrogens with one attached hydrogen (secondary N) is 1. The van der Waals surface area contributed by atoms with Gasteiger partial charge in [-0.2, -0.15) is 0 Å². The van der Waals surface area contributed by atoms with Crippen molar-refractivity contribution in [2.75, 3.05) is 12.8 Å². The smallest absolute Gasteiger partial charge is 0.209 e. The molecule has 0 radical (unpaired) electrons. The van der Waals surface area contributed by atoms with Gasteiger partial charge in [0.05, 0.1) is 6.04 Å². The van der Waals surface area contributed by atoms with Crippen molar-refractivity contribution in [3.05, 3.63) is 0 Å². The molecule has 5 nitrogen and oxygen atoms in total. The molecule has 1 aromatic rings. The summed E-state index contributed by atoms with van der Waals surface area (Å²) in [5.74, 6) is 1.91. The number of hydrogen-bond donors (Lipinski definition) is 1. The van der Waals surface area contributed by atoms with E-state index in [1.165, 1.54) is 51.4 Å². The van der Waals surface area contributed by atoms with E-state index in [-0.39, 0.29) is 0 Å². The first kappa shape index (κ1) is 14.3. The standard InChI is InChI=1S/C14H25N5S/c1-15-13(11-6-2-3-7-11)10-20-14-16-17-18-19(14)12-8-4-5-9-12/h11-13,15H,2-10H2,1H3. The molecule has 0 amide bonds. The first-order valence-electron chi connectivity index (χ1n) is 7.96. The summed E-state index contributed by atoms with van der Waals surface area (Å²) in [6.07, 6.45) is 10.6. The Labute approximate surface area is 125 Å². The number of hydrogen-bond acceptors (Lipinski definition) is 5. The zero-order valence-corrected chi connectivity index (χ0v) is 13.1. The van der Waals surface area contributed by atoms with Gasteiger partial charge in [-0.25, -0.2) is 4.68 Å². The molecule has 1 N–H and O–H groups in total. The first-order chi connectivity index (χ1) is 9.88. The Morgan fingerprint density at radius 2 is 1.90 bits per heavy atom. The van der Waals surface area contributed by atoms with Crippen molar-refractivity contribution in [1.29, 1.82) is 0 Å². The molecule has 0 saturated heterocycles. The van der Waals surface area contributed by atoms with E-state index in [0.29, 0.717) is 12.1 Å². The molecule has 1 aromatic heterocycles. The van der Waals surface area contributed by atoms with Crippen molar-refractivity contribution < 1.29 is 0 Å². The molecule has 0 bridgehead atoms. The van der Waals surface area contributed by atoms with Gasteiger partial charge in [-0.05, 0) is 49.1 Å². The van der Waals surface area contributed by atoms with Gasteiger partial charge in [-0.15, -0.1) is 5.10 Å². The van der Waals surface area contributed by atoms with E-state index in [1.807, 2.05) is 11.8 Å². The molecular weight excluding hydrogens is 270 g/mol. The summed E-state index contributed by atoms with van der Waals surface area (Å²) < 4.78 is 2.07. The van der Waals surface area contributed by atoms with Gasteiger partial charge in [0.25, 0.3) is 0 Å². The molecule has 2 aliphatic carbocycles. The Hall–Kier alpha value is -0.620. The highest BCUT2D eigenvalue weighted by Gasteiger charge is 2.26. The van der Waals surface area contributed by atoms with Crippen molar-refractivity contribution in [3.8, 4) is 0 Å². The van der Waals surface area contributed by atoms with E-state index >= 15 is 0 Å². The van der Waals surface area contributed by atoms with E-state index < -0.39 is 0 Å². The molecule has 0 aliphatic heterocycles. The summed E-state index contributed by atoms with van der Waals surface area (Å²) in [6.45, 7) is 0. The van der Waals surface area contributed by atoms with Crippen LogP contribution in [0, 0.1) is 5.92 Å². The Balaban J connectivity index is 1.58. The average Bonchev–Trinajstić information content (AvgIpc) is 3.21. The molecule has 2 saturated carbocycles. The molecule has 3 rings (SSSR count). The predicted octanol–water partition coefficient (Wildman–Crippen LogP) is 2.66. The van der Waals surface area contributed by atoms with Gasteiger partial charge in [-0.3, -0.25) is 0 Å². The quantitative estimate of drug-likeness (QED) is 0.818. The summed E-state index contributed by atoms with van der Waals surface area (Å²) in [4.78, 5) is 0. The highest BCUT2D eigenvalue weighted by molar-refractivity contribution is 7.99. The molecule has 6 heteroatoms. The zero-order valence-electron chi connectivity index (χ0n) is 12.3. The number of tetrazole rings is 1. The third kappa shape index (κ3) is 3.17. The topological polar surface area (TPSA) is 55.6 Å². The maximum Gasteiger partial charge on any atom is 0.209 e. The van der Waals surface area contributed by atoms with E-state index in [1.54, 1.807) is 0 Å². The highest BCUT2D eigenvalue weighted by Crippen LogP contribution is 2.33. The maximum atomic E-state index is 4.23. The van der Waals surface area contributed by atoms with E-state index in [9.17, 15) is 0 Å². The number of aromatic nitrogens is 4. The van der Waals surface area contributed by atoms with Gasteiger partial charge >= 0.3 is 0 Å². The van der Waals surface area contributed by atoms with Gasteiger partial charge in [0, 0.05) is 11.8 Å². The molecule has 1 heterocycles. The van der Waals surface area contributed by atoms with E-state index in [0.717, 1.165) is 16.8 Å². The van der Waals surface area contributed by atoms with Gasteiger partial charge < -0.3 is 5.32 Å². The lowest BCUT2D eigenvalue weighted by molar-refractivity contribution is 0.407. The van der Waals surface area contributed by atoms with Crippen LogP contribution in [0.3, 0.4) is 0 Å². The van der Waals surface area contributed by atoms with Crippen LogP contribution in [0.25, 0.3) is 0 Å². The molecule has 2 aliphatic rings. The minimum absolute atomic E-state index is 0.534. The molecule has 112 valence electrons. The summed E-state index contributed by atoms with van der Waals surface area (Å²) in [5, 5.41) is 16.8. The Morgan fingerprint density at radius 3 is 2.60 bits per heavy atom. The normalized spacial score (nSPS) is 22.6. The fourth-order valence-corrected chi connectivity index (χ4v) is 4.82. The Morgan fingerprint density at radius 1 is 1.20 bits per heavy atom. The van der Waals surface area contributed by atoms with E-state index in [2.05, 4.69) is 32.6 Å². The van der Waals surface area contributed by atoms with Gasteiger partial charge in [0.1, 0.15) is 0 Å². The van der Waals surface area contributed by atoms with Crippen LogP contribution in [0.1, 0.15) is 57.4 Å². The molecule has 1 atom stereocenters. The van der Waals surface area contributed by atoms with Crippen LogP contribution in [-0.4, -0.2) is 39.0 Å². The molecule has 20 heavy (non-hydrogen) atoms. The summed E-state index contributed by atoms with van der Waals surface area (Å²) in [5.41, 5.74) is 0. The third-order valence-electron chi connectivity index (χ3n) is 4.86. The molecule has 0 aromatic carbocycles. The molecular formula is C14H25N5S. The minimum Gasteiger partial charge on any atom is -0.316 e. The van der Waals surface area contributed by atoms with Crippen molar-refractivity contribution in [2.45, 2.75) is 68.6 Å². The Kier molecular flexibility index (Phi) is 4.94. The van der Waals surface area contributed by atoms with Gasteiger partial charge in [-0.1, -0.05) is 37.4 Å². The first-order valence-corrected chi connectivity index (χ1v) is 8.95. The average molecular weight is 295 g/mol. The number of nitrogens with zero attached hydrogens (tertiary/aromatic N) is 4. The lowest BCUT2D eigenvalue weighted by Gasteiger charge is -2.22. The van der Waals surface area contributed by atoms with Crippen LogP contribution in [0.2, 0.25) is 0 Å². The van der Waals surface area contributed by atoms with Crippen LogP contribution in [0.5, 0.6) is 0 Å². The predicted molar refractivity (Wildman–Crippen MR) is 80.9 cm³/mol. The van der Waals surface area contributed by atoms with Crippen molar-refractivity contribution >= 4 is 11.8 Å². The van der Waals surface area contributed by atoms with E-state index in [4.69, 9.17) is 0 Å². The van der Waals surface area contributed by atoms with Crippen molar-refractivity contribution in [1.82, 2.24) is 25.5 Å².